The predicted molar refractivity (Wildman–Crippen MR) is 43.6 cm³/mol. The van der Waals surface area contributed by atoms with E-state index in [0.29, 0.717) is 6.04 Å². The zero-order valence-electron chi connectivity index (χ0n) is 6.35. The van der Waals surface area contributed by atoms with Gasteiger partial charge in [-0.2, -0.15) is 5.10 Å². The Labute approximate surface area is 68.0 Å². The molecular formula is C6H8N4S. The largest absolute Gasteiger partial charge is 0.266 e. The Hall–Kier alpha value is -0.970. The molecule has 0 amide bonds. The first-order chi connectivity index (χ1) is 5.27. The van der Waals surface area contributed by atoms with E-state index in [1.807, 2.05) is 10.9 Å². The van der Waals surface area contributed by atoms with Gasteiger partial charge in [0.15, 0.2) is 4.83 Å². The van der Waals surface area contributed by atoms with Crippen molar-refractivity contribution < 1.29 is 0 Å². The fraction of sp³-hybridized carbons (Fsp3) is 0.500. The number of hydrogen-bond acceptors (Lipinski definition) is 4. The summed E-state index contributed by atoms with van der Waals surface area (Å²) in [5.41, 5.74) is 0.892. The summed E-state index contributed by atoms with van der Waals surface area (Å²) >= 11 is 1.33. The molecule has 2 heterocycles. The molecule has 2 aromatic rings. The lowest BCUT2D eigenvalue weighted by molar-refractivity contribution is 0.538. The second-order valence-corrected chi connectivity index (χ2v) is 3.40. The summed E-state index contributed by atoms with van der Waals surface area (Å²) < 4.78 is 5.68. The summed E-state index contributed by atoms with van der Waals surface area (Å²) in [7, 11) is 0. The molecule has 0 aliphatic heterocycles. The maximum Gasteiger partial charge on any atom is 0.185 e. The van der Waals surface area contributed by atoms with Crippen molar-refractivity contribution in [2.45, 2.75) is 19.9 Å². The Kier molecular flexibility index (Phi) is 1.38. The van der Waals surface area contributed by atoms with Gasteiger partial charge in [0.2, 0.25) is 0 Å². The fourth-order valence-electron chi connectivity index (χ4n) is 0.867. The van der Waals surface area contributed by atoms with E-state index in [2.05, 4.69) is 28.5 Å². The van der Waals surface area contributed by atoms with E-state index in [-0.39, 0.29) is 0 Å². The third-order valence-electron chi connectivity index (χ3n) is 1.48. The van der Waals surface area contributed by atoms with Crippen LogP contribution in [0.3, 0.4) is 0 Å². The standard InChI is InChI=1S/C6H8N4S/c1-4(2)10-3-5-6(8-10)11-9-7-5/h3-4H,1-2H3. The first kappa shape index (κ1) is 6.72. The molecule has 0 aliphatic carbocycles. The Morgan fingerprint density at radius 2 is 2.36 bits per heavy atom. The second kappa shape index (κ2) is 2.27. The maximum absolute atomic E-state index is 4.28. The van der Waals surface area contributed by atoms with E-state index in [9.17, 15) is 0 Å². The molecule has 0 spiro atoms. The number of nitrogens with zero attached hydrogens (tertiary/aromatic N) is 4. The maximum atomic E-state index is 4.28. The molecule has 2 rings (SSSR count). The lowest BCUT2D eigenvalue weighted by Gasteiger charge is -2.01. The van der Waals surface area contributed by atoms with Gasteiger partial charge in [0.1, 0.15) is 5.52 Å². The Balaban J connectivity index is 2.58. The van der Waals surface area contributed by atoms with Gasteiger partial charge in [-0.05, 0) is 13.8 Å². The number of aromatic nitrogens is 4. The molecule has 5 heteroatoms. The van der Waals surface area contributed by atoms with Gasteiger partial charge in [0.05, 0.1) is 6.20 Å². The molecule has 2 aromatic heterocycles. The topological polar surface area (TPSA) is 43.6 Å². The number of rotatable bonds is 1. The molecule has 0 radical (unpaired) electrons. The highest BCUT2D eigenvalue weighted by Crippen LogP contribution is 2.14. The van der Waals surface area contributed by atoms with Crippen LogP contribution in [-0.4, -0.2) is 19.4 Å². The lowest BCUT2D eigenvalue weighted by atomic mass is 10.4. The SMILES string of the molecule is CC(C)n1cc2nnsc2n1. The Bertz CT molecular complexity index is 333. The first-order valence-electron chi connectivity index (χ1n) is 3.44. The van der Waals surface area contributed by atoms with Gasteiger partial charge < -0.3 is 0 Å². The first-order valence-corrected chi connectivity index (χ1v) is 4.22. The van der Waals surface area contributed by atoms with E-state index in [1.165, 1.54) is 11.5 Å². The third kappa shape index (κ3) is 1.01. The minimum atomic E-state index is 0.399. The highest BCUT2D eigenvalue weighted by molar-refractivity contribution is 7.12. The molecule has 0 N–H and O–H groups in total. The van der Waals surface area contributed by atoms with Crippen LogP contribution in [0.5, 0.6) is 0 Å². The zero-order valence-corrected chi connectivity index (χ0v) is 7.17. The minimum absolute atomic E-state index is 0.399. The van der Waals surface area contributed by atoms with Crippen LogP contribution in [0.25, 0.3) is 10.3 Å². The summed E-state index contributed by atoms with van der Waals surface area (Å²) in [5.74, 6) is 0. The van der Waals surface area contributed by atoms with Crippen LogP contribution in [0.15, 0.2) is 6.20 Å². The summed E-state index contributed by atoms with van der Waals surface area (Å²) in [5, 5.41) is 8.19. The van der Waals surface area contributed by atoms with Crippen LogP contribution in [0.2, 0.25) is 0 Å². The van der Waals surface area contributed by atoms with Gasteiger partial charge in [0.25, 0.3) is 0 Å². The zero-order chi connectivity index (χ0) is 7.84. The normalized spacial score (nSPS) is 11.5. The van der Waals surface area contributed by atoms with Crippen molar-refractivity contribution in [3.05, 3.63) is 6.20 Å². The molecular weight excluding hydrogens is 160 g/mol. The van der Waals surface area contributed by atoms with Gasteiger partial charge in [-0.25, -0.2) is 0 Å². The van der Waals surface area contributed by atoms with E-state index < -0.39 is 0 Å². The molecule has 0 aliphatic rings. The average molecular weight is 168 g/mol. The van der Waals surface area contributed by atoms with Crippen molar-refractivity contribution in [2.24, 2.45) is 0 Å². The highest BCUT2D eigenvalue weighted by atomic mass is 32.1. The number of hydrogen-bond donors (Lipinski definition) is 0. The molecule has 58 valence electrons. The minimum Gasteiger partial charge on any atom is -0.266 e. The van der Waals surface area contributed by atoms with Crippen LogP contribution < -0.4 is 0 Å². The molecule has 0 bridgehead atoms. The van der Waals surface area contributed by atoms with Gasteiger partial charge in [-0.1, -0.05) is 4.49 Å². The molecule has 0 saturated carbocycles. The van der Waals surface area contributed by atoms with Gasteiger partial charge in [-0.15, -0.1) is 5.10 Å². The molecule has 0 aromatic carbocycles. The Morgan fingerprint density at radius 1 is 1.55 bits per heavy atom. The van der Waals surface area contributed by atoms with Gasteiger partial charge in [-0.3, -0.25) is 4.68 Å². The van der Waals surface area contributed by atoms with Crippen molar-refractivity contribution in [1.82, 2.24) is 19.4 Å². The fourth-order valence-corrected chi connectivity index (χ4v) is 1.39. The molecule has 4 nitrogen and oxygen atoms in total. The summed E-state index contributed by atoms with van der Waals surface area (Å²) in [4.78, 5) is 0.915. The van der Waals surface area contributed by atoms with Crippen molar-refractivity contribution >= 4 is 21.9 Å². The van der Waals surface area contributed by atoms with Crippen LogP contribution >= 0.6 is 11.5 Å². The smallest absolute Gasteiger partial charge is 0.185 e. The Morgan fingerprint density at radius 3 is 3.00 bits per heavy atom. The van der Waals surface area contributed by atoms with Crippen LogP contribution in [0, 0.1) is 0 Å². The molecule has 0 saturated heterocycles. The van der Waals surface area contributed by atoms with Gasteiger partial charge in [0, 0.05) is 17.6 Å². The van der Waals surface area contributed by atoms with Crippen molar-refractivity contribution in [1.29, 1.82) is 0 Å². The predicted octanol–water partition coefficient (Wildman–Crippen LogP) is 1.47. The monoisotopic (exact) mass is 168 g/mol. The van der Waals surface area contributed by atoms with Crippen molar-refractivity contribution in [3.8, 4) is 0 Å². The van der Waals surface area contributed by atoms with Gasteiger partial charge >= 0.3 is 0 Å². The van der Waals surface area contributed by atoms with Crippen molar-refractivity contribution in [3.63, 3.8) is 0 Å². The second-order valence-electron chi connectivity index (χ2n) is 2.67. The van der Waals surface area contributed by atoms with Crippen molar-refractivity contribution in [2.75, 3.05) is 0 Å². The highest BCUT2D eigenvalue weighted by Gasteiger charge is 2.05. The van der Waals surface area contributed by atoms with E-state index in [4.69, 9.17) is 0 Å². The summed E-state index contributed by atoms with van der Waals surface area (Å²) in [6, 6.07) is 0.399. The van der Waals surface area contributed by atoms with E-state index in [0.717, 1.165) is 10.3 Å². The van der Waals surface area contributed by atoms with Crippen LogP contribution in [0.4, 0.5) is 0 Å². The van der Waals surface area contributed by atoms with Crippen LogP contribution in [-0.2, 0) is 0 Å². The molecule has 11 heavy (non-hydrogen) atoms. The van der Waals surface area contributed by atoms with E-state index >= 15 is 0 Å². The average Bonchev–Trinajstić information content (AvgIpc) is 2.40. The lowest BCUT2D eigenvalue weighted by Crippen LogP contribution is -1.99. The molecule has 0 atom stereocenters. The number of fused-ring (bicyclic) bond motifs is 1. The quantitative estimate of drug-likeness (QED) is 0.647. The third-order valence-corrected chi connectivity index (χ3v) is 2.11. The van der Waals surface area contributed by atoms with E-state index in [1.54, 1.807) is 0 Å². The molecule has 0 unspecified atom stereocenters. The van der Waals surface area contributed by atoms with Crippen LogP contribution in [0.1, 0.15) is 19.9 Å². The summed E-state index contributed by atoms with van der Waals surface area (Å²) in [6.07, 6.45) is 1.92. The molecule has 0 fully saturated rings. The summed E-state index contributed by atoms with van der Waals surface area (Å²) in [6.45, 7) is 4.17.